The summed E-state index contributed by atoms with van der Waals surface area (Å²) in [6.45, 7) is 4.48. The summed E-state index contributed by atoms with van der Waals surface area (Å²) in [5.74, 6) is 1.01. The minimum atomic E-state index is -0.279. The molecule has 0 radical (unpaired) electrons. The van der Waals surface area contributed by atoms with E-state index in [1.807, 2.05) is 6.92 Å². The Bertz CT molecular complexity index is 799. The van der Waals surface area contributed by atoms with Crippen molar-refractivity contribution in [1.29, 1.82) is 0 Å². The second-order valence-electron chi connectivity index (χ2n) is 8.06. The van der Waals surface area contributed by atoms with E-state index in [0.29, 0.717) is 18.9 Å². The van der Waals surface area contributed by atoms with E-state index in [2.05, 4.69) is 15.6 Å². The largest absolute Gasteiger partial charge is 0.444 e. The Balaban J connectivity index is 0.00000341. The van der Waals surface area contributed by atoms with Crippen molar-refractivity contribution in [2.75, 3.05) is 26.2 Å². The van der Waals surface area contributed by atoms with Crippen LogP contribution >= 0.6 is 24.0 Å². The number of oxazole rings is 1. The van der Waals surface area contributed by atoms with Crippen LogP contribution in [0.5, 0.6) is 0 Å². The molecule has 31 heavy (non-hydrogen) atoms. The maximum Gasteiger partial charge on any atom is 0.226 e. The number of aliphatic imine (C=N–C) groups is 1. The normalized spacial score (nSPS) is 15.9. The molecule has 6 nitrogen and oxygen atoms in total. The molecule has 8 heteroatoms. The van der Waals surface area contributed by atoms with Gasteiger partial charge in [-0.2, -0.15) is 0 Å². The number of hydrogen-bond acceptors (Lipinski definition) is 4. The van der Waals surface area contributed by atoms with Crippen LogP contribution in [0, 0.1) is 11.2 Å². The van der Waals surface area contributed by atoms with Crippen LogP contribution in [0.15, 0.2) is 39.9 Å². The maximum atomic E-state index is 13.1. The first-order valence-electron chi connectivity index (χ1n) is 11.0. The minimum absolute atomic E-state index is 0. The average molecular weight is 544 g/mol. The lowest BCUT2D eigenvalue weighted by Crippen LogP contribution is -2.40. The molecule has 1 aromatic heterocycles. The van der Waals surface area contributed by atoms with Crippen LogP contribution in [0.2, 0.25) is 0 Å². The first-order valence-corrected chi connectivity index (χ1v) is 11.0. The lowest BCUT2D eigenvalue weighted by Gasteiger charge is -2.35. The summed E-state index contributed by atoms with van der Waals surface area (Å²) in [6, 6.07) is 6.12. The second kappa shape index (κ2) is 13.0. The Labute approximate surface area is 201 Å². The zero-order valence-corrected chi connectivity index (χ0v) is 20.5. The van der Waals surface area contributed by atoms with E-state index in [1.54, 1.807) is 18.4 Å². The lowest BCUT2D eigenvalue weighted by molar-refractivity contribution is 0.137. The minimum Gasteiger partial charge on any atom is -0.444 e. The molecule has 1 saturated carbocycles. The predicted molar refractivity (Wildman–Crippen MR) is 132 cm³/mol. The molecule has 3 N–H and O–H groups in total. The van der Waals surface area contributed by atoms with Gasteiger partial charge in [0.25, 0.3) is 0 Å². The molecule has 0 aliphatic heterocycles. The van der Waals surface area contributed by atoms with E-state index in [0.717, 1.165) is 49.6 Å². The van der Waals surface area contributed by atoms with Gasteiger partial charge in [-0.1, -0.05) is 19.3 Å². The molecule has 0 unspecified atom stereocenters. The monoisotopic (exact) mass is 544 g/mol. The van der Waals surface area contributed by atoms with Crippen LogP contribution in [0.1, 0.15) is 51.1 Å². The third kappa shape index (κ3) is 7.75. The highest BCUT2D eigenvalue weighted by molar-refractivity contribution is 14.0. The van der Waals surface area contributed by atoms with Crippen LogP contribution in [-0.4, -0.2) is 42.3 Å². The second-order valence-corrected chi connectivity index (χ2v) is 8.06. The number of halogens is 2. The average Bonchev–Trinajstić information content (AvgIpc) is 3.22. The molecule has 1 heterocycles. The van der Waals surface area contributed by atoms with Crippen molar-refractivity contribution in [3.8, 4) is 11.5 Å². The highest BCUT2D eigenvalue weighted by Crippen LogP contribution is 2.39. The van der Waals surface area contributed by atoms with Crippen molar-refractivity contribution in [3.05, 3.63) is 42.0 Å². The van der Waals surface area contributed by atoms with Gasteiger partial charge in [0, 0.05) is 38.2 Å². The van der Waals surface area contributed by atoms with Gasteiger partial charge in [0.2, 0.25) is 5.89 Å². The number of nitrogens with one attached hydrogen (secondary N) is 2. The molecular formula is C23H34FIN4O2. The maximum absolute atomic E-state index is 13.1. The number of hydrogen-bond donors (Lipinski definition) is 3. The van der Waals surface area contributed by atoms with Gasteiger partial charge in [0.05, 0.1) is 5.69 Å². The molecule has 0 bridgehead atoms. The number of benzene rings is 1. The van der Waals surface area contributed by atoms with Gasteiger partial charge in [0.1, 0.15) is 12.1 Å². The molecular weight excluding hydrogens is 510 g/mol. The van der Waals surface area contributed by atoms with Crippen molar-refractivity contribution in [2.24, 2.45) is 10.4 Å². The molecule has 0 atom stereocenters. The highest BCUT2D eigenvalue weighted by Gasteiger charge is 2.31. The molecule has 2 aromatic rings. The van der Waals surface area contributed by atoms with Crippen LogP contribution in [0.25, 0.3) is 11.5 Å². The lowest BCUT2D eigenvalue weighted by atomic mass is 9.72. The molecule has 172 valence electrons. The van der Waals surface area contributed by atoms with Gasteiger partial charge in [0.15, 0.2) is 5.96 Å². The van der Waals surface area contributed by atoms with E-state index in [4.69, 9.17) is 9.41 Å². The van der Waals surface area contributed by atoms with Crippen molar-refractivity contribution < 1.29 is 13.9 Å². The molecule has 0 spiro atoms. The van der Waals surface area contributed by atoms with Gasteiger partial charge in [-0.3, -0.25) is 4.99 Å². The van der Waals surface area contributed by atoms with Gasteiger partial charge in [-0.05, 0) is 55.9 Å². The zero-order valence-electron chi connectivity index (χ0n) is 18.2. The summed E-state index contributed by atoms with van der Waals surface area (Å²) in [5, 5.41) is 16.2. The van der Waals surface area contributed by atoms with Gasteiger partial charge >= 0.3 is 0 Å². The fourth-order valence-corrected chi connectivity index (χ4v) is 4.07. The molecule has 3 rings (SSSR count). The molecule has 1 aliphatic rings. The first kappa shape index (κ1) is 25.6. The molecule has 0 saturated heterocycles. The molecule has 1 aromatic carbocycles. The molecule has 0 amide bonds. The molecule has 1 aliphatic carbocycles. The van der Waals surface area contributed by atoms with Crippen molar-refractivity contribution in [3.63, 3.8) is 0 Å². The van der Waals surface area contributed by atoms with Gasteiger partial charge in [-0.15, -0.1) is 24.0 Å². The Morgan fingerprint density at radius 3 is 2.61 bits per heavy atom. The first-order chi connectivity index (χ1) is 14.6. The summed E-state index contributed by atoms with van der Waals surface area (Å²) in [7, 11) is 0. The summed E-state index contributed by atoms with van der Waals surface area (Å²) in [4.78, 5) is 9.31. The van der Waals surface area contributed by atoms with Crippen molar-refractivity contribution >= 4 is 29.9 Å². The highest BCUT2D eigenvalue weighted by atomic mass is 127. The van der Waals surface area contributed by atoms with Crippen LogP contribution in [0.3, 0.4) is 0 Å². The number of nitrogens with zero attached hydrogens (tertiary/aromatic N) is 2. The SMILES string of the molecule is CCNC(=NCC1(CCO)CCCCC1)NCCc1coc(-c2ccc(F)cc2)n1.I. The number of rotatable bonds is 9. The fourth-order valence-electron chi connectivity index (χ4n) is 4.07. The zero-order chi connectivity index (χ0) is 21.2. The van der Waals surface area contributed by atoms with E-state index in [1.165, 1.54) is 31.4 Å². The Hall–Kier alpha value is -1.68. The molecule has 1 fully saturated rings. The number of aliphatic hydroxyl groups excluding tert-OH is 1. The van der Waals surface area contributed by atoms with E-state index in [9.17, 15) is 9.50 Å². The quantitative estimate of drug-likeness (QED) is 0.246. The topological polar surface area (TPSA) is 82.7 Å². The van der Waals surface area contributed by atoms with Crippen molar-refractivity contribution in [1.82, 2.24) is 15.6 Å². The third-order valence-electron chi connectivity index (χ3n) is 5.79. The Kier molecular flexibility index (Phi) is 10.7. The van der Waals surface area contributed by atoms with Crippen molar-refractivity contribution in [2.45, 2.75) is 51.9 Å². The number of guanidine groups is 1. The van der Waals surface area contributed by atoms with Crippen LogP contribution in [-0.2, 0) is 6.42 Å². The van der Waals surface area contributed by atoms with Crippen LogP contribution < -0.4 is 10.6 Å². The Morgan fingerprint density at radius 2 is 1.94 bits per heavy atom. The van der Waals surface area contributed by atoms with E-state index >= 15 is 0 Å². The standard InChI is InChI=1S/C23H33FN4O2.HI/c1-2-25-22(27-17-23(13-15-29)11-4-3-5-12-23)26-14-10-20-16-30-21(28-20)18-6-8-19(24)9-7-18;/h6-9,16,29H,2-5,10-15,17H2,1H3,(H2,25,26,27);1H. The van der Waals surface area contributed by atoms with E-state index in [-0.39, 0.29) is 41.8 Å². The summed E-state index contributed by atoms with van der Waals surface area (Å²) in [6.07, 6.45) is 9.17. The van der Waals surface area contributed by atoms with Gasteiger partial charge < -0.3 is 20.2 Å². The summed E-state index contributed by atoms with van der Waals surface area (Å²) in [5.41, 5.74) is 1.72. The van der Waals surface area contributed by atoms with E-state index < -0.39 is 0 Å². The predicted octanol–water partition coefficient (Wildman–Crippen LogP) is 4.53. The Morgan fingerprint density at radius 1 is 1.19 bits per heavy atom. The van der Waals surface area contributed by atoms with Crippen LogP contribution in [0.4, 0.5) is 4.39 Å². The smallest absolute Gasteiger partial charge is 0.226 e. The summed E-state index contributed by atoms with van der Waals surface area (Å²) < 4.78 is 18.6. The summed E-state index contributed by atoms with van der Waals surface area (Å²) >= 11 is 0. The number of aliphatic hydroxyl groups is 1. The fraction of sp³-hybridized carbons (Fsp3) is 0.565. The number of aromatic nitrogens is 1. The third-order valence-corrected chi connectivity index (χ3v) is 5.79. The van der Waals surface area contributed by atoms with Gasteiger partial charge in [-0.25, -0.2) is 9.37 Å².